The van der Waals surface area contributed by atoms with Gasteiger partial charge in [0.25, 0.3) is 5.91 Å². The first-order valence-corrected chi connectivity index (χ1v) is 8.08. The van der Waals surface area contributed by atoms with Crippen molar-refractivity contribution in [1.29, 1.82) is 0 Å². The highest BCUT2D eigenvalue weighted by atomic mass is 35.5. The van der Waals surface area contributed by atoms with Gasteiger partial charge in [-0.1, -0.05) is 23.7 Å². The maximum absolute atomic E-state index is 12.5. The molecule has 5 nitrogen and oxygen atoms in total. The van der Waals surface area contributed by atoms with E-state index in [1.165, 1.54) is 24.3 Å². The smallest absolute Gasteiger partial charge is 0.251 e. The van der Waals surface area contributed by atoms with Crippen molar-refractivity contribution in [2.45, 2.75) is 12.5 Å². The second-order valence-corrected chi connectivity index (χ2v) is 6.11. The molecule has 0 aromatic heterocycles. The molecule has 24 heavy (non-hydrogen) atoms. The largest absolute Gasteiger partial charge is 0.507 e. The number of ketones is 1. The first kappa shape index (κ1) is 16.5. The number of phenolic OH excluding ortho intramolecular Hbond substituents is 1. The van der Waals surface area contributed by atoms with Gasteiger partial charge in [-0.25, -0.2) is 0 Å². The Balaban J connectivity index is 1.80. The molecule has 0 spiro atoms. The monoisotopic (exact) mass is 344 g/mol. The quantitative estimate of drug-likeness (QED) is 0.744. The minimum atomic E-state index is -0.384. The van der Waals surface area contributed by atoms with Crippen molar-refractivity contribution in [3.63, 3.8) is 0 Å². The van der Waals surface area contributed by atoms with E-state index in [9.17, 15) is 14.7 Å². The van der Waals surface area contributed by atoms with Gasteiger partial charge in [0.15, 0.2) is 5.78 Å². The van der Waals surface area contributed by atoms with Crippen LogP contribution in [0.2, 0.25) is 5.02 Å². The molecule has 1 amide bonds. The lowest BCUT2D eigenvalue weighted by atomic mass is 10.0. The lowest BCUT2D eigenvalue weighted by Gasteiger charge is -2.12. The molecule has 0 saturated carbocycles. The molecule has 0 radical (unpaired) electrons. The van der Waals surface area contributed by atoms with Crippen molar-refractivity contribution in [2.24, 2.45) is 0 Å². The van der Waals surface area contributed by atoms with E-state index < -0.39 is 0 Å². The van der Waals surface area contributed by atoms with Crippen molar-refractivity contribution in [3.8, 4) is 5.75 Å². The molecule has 1 aliphatic rings. The fraction of sp³-hybridized carbons (Fsp3) is 0.222. The van der Waals surface area contributed by atoms with Crippen LogP contribution < -0.4 is 10.6 Å². The van der Waals surface area contributed by atoms with E-state index in [2.05, 4.69) is 10.6 Å². The second kappa shape index (κ2) is 7.03. The van der Waals surface area contributed by atoms with E-state index in [-0.39, 0.29) is 39.6 Å². The van der Waals surface area contributed by atoms with Crippen molar-refractivity contribution < 1.29 is 14.7 Å². The van der Waals surface area contributed by atoms with E-state index in [1.54, 1.807) is 18.2 Å². The Morgan fingerprint density at radius 1 is 1.17 bits per heavy atom. The van der Waals surface area contributed by atoms with Gasteiger partial charge >= 0.3 is 0 Å². The summed E-state index contributed by atoms with van der Waals surface area (Å²) >= 11 is 6.19. The average Bonchev–Trinajstić information content (AvgIpc) is 3.07. The van der Waals surface area contributed by atoms with E-state index in [0.29, 0.717) is 5.56 Å². The summed E-state index contributed by atoms with van der Waals surface area (Å²) in [5.41, 5.74) is 0.826. The number of amides is 1. The molecule has 1 heterocycles. The van der Waals surface area contributed by atoms with E-state index >= 15 is 0 Å². The highest BCUT2D eigenvalue weighted by molar-refractivity contribution is 6.35. The van der Waals surface area contributed by atoms with E-state index in [4.69, 9.17) is 11.6 Å². The molecule has 1 aliphatic heterocycles. The SMILES string of the molecule is O=C(NC1CCNC1)c1ccc(C(=O)c2ccccc2O)c(Cl)c1. The number of nitrogens with one attached hydrogen (secondary N) is 2. The summed E-state index contributed by atoms with van der Waals surface area (Å²) in [7, 11) is 0. The first-order chi connectivity index (χ1) is 11.6. The van der Waals surface area contributed by atoms with Crippen LogP contribution in [-0.4, -0.2) is 35.9 Å². The fourth-order valence-electron chi connectivity index (χ4n) is 2.70. The Kier molecular flexibility index (Phi) is 4.83. The number of carbonyl (C=O) groups excluding carboxylic acids is 2. The number of aromatic hydroxyl groups is 1. The van der Waals surface area contributed by atoms with Gasteiger partial charge in [0.2, 0.25) is 0 Å². The van der Waals surface area contributed by atoms with Crippen molar-refractivity contribution in [1.82, 2.24) is 10.6 Å². The average molecular weight is 345 g/mol. The third-order valence-corrected chi connectivity index (χ3v) is 4.33. The molecule has 1 unspecified atom stereocenters. The van der Waals surface area contributed by atoms with Gasteiger partial charge in [-0.15, -0.1) is 0 Å². The highest BCUT2D eigenvalue weighted by Gasteiger charge is 2.20. The minimum Gasteiger partial charge on any atom is -0.507 e. The van der Waals surface area contributed by atoms with Gasteiger partial charge in [-0.2, -0.15) is 0 Å². The van der Waals surface area contributed by atoms with Gasteiger partial charge < -0.3 is 15.7 Å². The maximum Gasteiger partial charge on any atom is 0.251 e. The van der Waals surface area contributed by atoms with Crippen molar-refractivity contribution in [3.05, 3.63) is 64.2 Å². The normalized spacial score (nSPS) is 16.8. The van der Waals surface area contributed by atoms with Gasteiger partial charge in [0.1, 0.15) is 5.75 Å². The van der Waals surface area contributed by atoms with Crippen molar-refractivity contribution in [2.75, 3.05) is 13.1 Å². The van der Waals surface area contributed by atoms with Crippen LogP contribution in [0.4, 0.5) is 0 Å². The molecule has 124 valence electrons. The summed E-state index contributed by atoms with van der Waals surface area (Å²) in [5, 5.41) is 16.1. The molecule has 2 aromatic carbocycles. The zero-order valence-electron chi connectivity index (χ0n) is 12.9. The summed E-state index contributed by atoms with van der Waals surface area (Å²) in [6.07, 6.45) is 0.892. The number of phenols is 1. The Morgan fingerprint density at radius 3 is 2.62 bits per heavy atom. The minimum absolute atomic E-state index is 0.103. The molecule has 0 aliphatic carbocycles. The number of benzene rings is 2. The van der Waals surface area contributed by atoms with Crippen LogP contribution >= 0.6 is 11.6 Å². The first-order valence-electron chi connectivity index (χ1n) is 7.70. The third-order valence-electron chi connectivity index (χ3n) is 4.02. The van der Waals surface area contributed by atoms with Crippen LogP contribution in [0, 0.1) is 0 Å². The number of rotatable bonds is 4. The number of carbonyl (C=O) groups is 2. The maximum atomic E-state index is 12.5. The van der Waals surface area contributed by atoms with E-state index in [1.807, 2.05) is 0 Å². The Hall–Kier alpha value is -2.37. The van der Waals surface area contributed by atoms with Crippen LogP contribution in [0.25, 0.3) is 0 Å². The zero-order valence-corrected chi connectivity index (χ0v) is 13.6. The summed E-state index contributed by atoms with van der Waals surface area (Å²) in [4.78, 5) is 24.7. The molecule has 0 bridgehead atoms. The van der Waals surface area contributed by atoms with Gasteiger partial charge in [0, 0.05) is 23.7 Å². The molecule has 2 aromatic rings. The van der Waals surface area contributed by atoms with Crippen LogP contribution in [0.5, 0.6) is 5.75 Å². The Bertz CT molecular complexity index is 786. The molecule has 1 fully saturated rings. The summed E-state index contributed by atoms with van der Waals surface area (Å²) in [6, 6.07) is 10.9. The van der Waals surface area contributed by atoms with Gasteiger partial charge in [0.05, 0.1) is 10.6 Å². The lowest BCUT2D eigenvalue weighted by molar-refractivity contribution is 0.0938. The topological polar surface area (TPSA) is 78.4 Å². The molecule has 1 saturated heterocycles. The number of hydrogen-bond donors (Lipinski definition) is 3. The molecular formula is C18H17ClN2O3. The van der Waals surface area contributed by atoms with Gasteiger partial charge in [-0.05, 0) is 43.3 Å². The number of hydrogen-bond acceptors (Lipinski definition) is 4. The zero-order chi connectivity index (χ0) is 17.1. The predicted molar refractivity (Wildman–Crippen MR) is 91.7 cm³/mol. The fourth-order valence-corrected chi connectivity index (χ4v) is 2.96. The Morgan fingerprint density at radius 2 is 1.96 bits per heavy atom. The van der Waals surface area contributed by atoms with Crippen LogP contribution in [0.15, 0.2) is 42.5 Å². The van der Waals surface area contributed by atoms with Crippen LogP contribution in [0.3, 0.4) is 0 Å². The number of para-hydroxylation sites is 1. The number of halogens is 1. The molecule has 1 atom stereocenters. The van der Waals surface area contributed by atoms with Gasteiger partial charge in [-0.3, -0.25) is 9.59 Å². The van der Waals surface area contributed by atoms with Crippen LogP contribution in [-0.2, 0) is 0 Å². The van der Waals surface area contributed by atoms with E-state index in [0.717, 1.165) is 19.5 Å². The highest BCUT2D eigenvalue weighted by Crippen LogP contribution is 2.25. The molecule has 3 N–H and O–H groups in total. The van der Waals surface area contributed by atoms with Crippen LogP contribution in [0.1, 0.15) is 32.7 Å². The predicted octanol–water partition coefficient (Wildman–Crippen LogP) is 2.37. The van der Waals surface area contributed by atoms with Crippen molar-refractivity contribution >= 4 is 23.3 Å². The summed E-state index contributed by atoms with van der Waals surface area (Å²) in [5.74, 6) is -0.702. The Labute approximate surface area is 144 Å². The second-order valence-electron chi connectivity index (χ2n) is 5.70. The molecular weight excluding hydrogens is 328 g/mol. The molecule has 6 heteroatoms. The summed E-state index contributed by atoms with van der Waals surface area (Å²) < 4.78 is 0. The lowest BCUT2D eigenvalue weighted by Crippen LogP contribution is -2.36. The third kappa shape index (κ3) is 3.42. The standard InChI is InChI=1S/C18H17ClN2O3/c19-15-9-11(18(24)21-12-7-8-20-10-12)5-6-13(15)17(23)14-3-1-2-4-16(14)22/h1-6,9,12,20,22H,7-8,10H2,(H,21,24). The summed E-state index contributed by atoms with van der Waals surface area (Å²) in [6.45, 7) is 1.64. The molecule has 3 rings (SSSR count).